The van der Waals surface area contributed by atoms with E-state index in [4.69, 9.17) is 23.7 Å². The van der Waals surface area contributed by atoms with Crippen LogP contribution in [-0.2, 0) is 0 Å². The van der Waals surface area contributed by atoms with E-state index >= 15 is 0 Å². The van der Waals surface area contributed by atoms with Crippen LogP contribution in [-0.4, -0.2) is 0 Å². The van der Waals surface area contributed by atoms with Crippen molar-refractivity contribution in [3.63, 3.8) is 0 Å². The molecule has 0 spiro atoms. The lowest BCUT2D eigenvalue weighted by atomic mass is 10.1. The third-order valence-corrected chi connectivity index (χ3v) is 2.19. The second-order valence-electron chi connectivity index (χ2n) is 3.17. The first-order valence-electron chi connectivity index (χ1n) is 4.58. The SMILES string of the molecule is [C-]#[N+]/C(C#N)=c1\cc/c(=C(/C#N)[N+]#[C-])c(C)c1. The number of hydrogen-bond donors (Lipinski definition) is 0. The molecule has 4 heteroatoms. The molecular weight excluding hydrogens is 212 g/mol. The third kappa shape index (κ3) is 2.29. The molecule has 0 atom stereocenters. The summed E-state index contributed by atoms with van der Waals surface area (Å²) in [7, 11) is 0. The number of benzene rings is 1. The monoisotopic (exact) mass is 218 g/mol. The van der Waals surface area contributed by atoms with Gasteiger partial charge in [0.15, 0.2) is 0 Å². The van der Waals surface area contributed by atoms with Gasteiger partial charge in [0.2, 0.25) is 0 Å². The topological polar surface area (TPSA) is 56.3 Å². The van der Waals surface area contributed by atoms with Crippen LogP contribution in [0.25, 0.3) is 21.1 Å². The second-order valence-corrected chi connectivity index (χ2v) is 3.17. The molecule has 17 heavy (non-hydrogen) atoms. The van der Waals surface area contributed by atoms with E-state index in [0.29, 0.717) is 16.0 Å². The standard InChI is InChI=1S/C13H6N4/c1-9-6-10(12(7-14)16-2)4-5-11(9)13(8-15)17-3/h4-6H,1H3/b12-10+,13-11+. The average molecular weight is 218 g/mol. The van der Waals surface area contributed by atoms with Gasteiger partial charge in [-0.1, -0.05) is 23.8 Å². The molecule has 0 fully saturated rings. The molecule has 0 aliphatic carbocycles. The van der Waals surface area contributed by atoms with Crippen LogP contribution in [0.4, 0.5) is 0 Å². The molecule has 0 unspecified atom stereocenters. The molecule has 0 heterocycles. The molecule has 1 aromatic carbocycles. The molecule has 0 N–H and O–H groups in total. The molecule has 4 nitrogen and oxygen atoms in total. The first-order valence-corrected chi connectivity index (χ1v) is 4.58. The van der Waals surface area contributed by atoms with Crippen LogP contribution in [0.15, 0.2) is 18.2 Å². The van der Waals surface area contributed by atoms with Gasteiger partial charge in [-0.3, -0.25) is 0 Å². The molecule has 78 valence electrons. The summed E-state index contributed by atoms with van der Waals surface area (Å²) in [5.41, 5.74) is 0.711. The molecule has 0 saturated carbocycles. The maximum atomic E-state index is 8.77. The molecule has 1 rings (SSSR count). The van der Waals surface area contributed by atoms with Crippen LogP contribution < -0.4 is 10.4 Å². The van der Waals surface area contributed by atoms with Crippen molar-refractivity contribution >= 4 is 11.4 Å². The fourth-order valence-electron chi connectivity index (χ4n) is 1.38. The van der Waals surface area contributed by atoms with Gasteiger partial charge in [-0.05, 0) is 17.4 Å². The van der Waals surface area contributed by atoms with Crippen molar-refractivity contribution < 1.29 is 0 Å². The van der Waals surface area contributed by atoms with Crippen molar-refractivity contribution in [1.82, 2.24) is 0 Å². The number of nitrogens with zero attached hydrogens (tertiary/aromatic N) is 4. The van der Waals surface area contributed by atoms with Gasteiger partial charge in [0.05, 0.1) is 25.3 Å². The van der Waals surface area contributed by atoms with Crippen LogP contribution >= 0.6 is 0 Å². The largest absolute Gasteiger partial charge is 0.269 e. The molecule has 0 aliphatic rings. The molecule has 0 radical (unpaired) electrons. The van der Waals surface area contributed by atoms with Gasteiger partial charge >= 0.3 is 0 Å². The van der Waals surface area contributed by atoms with Crippen molar-refractivity contribution in [3.8, 4) is 12.1 Å². The Morgan fingerprint density at radius 2 is 1.71 bits per heavy atom. The average Bonchev–Trinajstić information content (AvgIpc) is 2.34. The normalized spacial score (nSPS) is 12.3. The highest BCUT2D eigenvalue weighted by molar-refractivity contribution is 5.68. The zero-order valence-corrected chi connectivity index (χ0v) is 9.02. The summed E-state index contributed by atoms with van der Waals surface area (Å²) >= 11 is 0. The first kappa shape index (κ1) is 12.0. The summed E-state index contributed by atoms with van der Waals surface area (Å²) in [6, 6.07) is 8.41. The summed E-state index contributed by atoms with van der Waals surface area (Å²) in [5.74, 6) is 0. The summed E-state index contributed by atoms with van der Waals surface area (Å²) < 4.78 is 0. The fourth-order valence-corrected chi connectivity index (χ4v) is 1.38. The first-order chi connectivity index (χ1) is 8.17. The lowest BCUT2D eigenvalue weighted by molar-refractivity contribution is 1.36. The van der Waals surface area contributed by atoms with Gasteiger partial charge in [0.1, 0.15) is 0 Å². The molecule has 0 bridgehead atoms. The van der Waals surface area contributed by atoms with E-state index in [9.17, 15) is 0 Å². The Morgan fingerprint density at radius 3 is 2.12 bits per heavy atom. The predicted octanol–water partition coefficient (Wildman–Crippen LogP) is 1.10. The minimum Gasteiger partial charge on any atom is -0.226 e. The molecule has 1 aromatic rings. The quantitative estimate of drug-likeness (QED) is 0.612. The van der Waals surface area contributed by atoms with Crippen LogP contribution in [0, 0.1) is 42.7 Å². The molecule has 0 aliphatic heterocycles. The number of nitriles is 2. The van der Waals surface area contributed by atoms with Crippen molar-refractivity contribution in [2.24, 2.45) is 0 Å². The lowest BCUT2D eigenvalue weighted by Gasteiger charge is -1.95. The summed E-state index contributed by atoms with van der Waals surface area (Å²) in [4.78, 5) is 6.23. The minimum atomic E-state index is 0.000898. The molecule has 0 saturated heterocycles. The van der Waals surface area contributed by atoms with Gasteiger partial charge in [-0.15, -0.1) is 0 Å². The molecule has 0 amide bonds. The Morgan fingerprint density at radius 1 is 1.12 bits per heavy atom. The van der Waals surface area contributed by atoms with E-state index in [1.165, 1.54) is 0 Å². The predicted molar refractivity (Wildman–Crippen MR) is 61.7 cm³/mol. The number of aryl methyl sites for hydroxylation is 1. The van der Waals surface area contributed by atoms with E-state index in [0.717, 1.165) is 0 Å². The van der Waals surface area contributed by atoms with Gasteiger partial charge in [-0.25, -0.2) is 20.2 Å². The van der Waals surface area contributed by atoms with Crippen LogP contribution in [0.1, 0.15) is 5.56 Å². The zero-order chi connectivity index (χ0) is 12.8. The summed E-state index contributed by atoms with van der Waals surface area (Å²) in [6.07, 6.45) is 0. The Hall–Kier alpha value is -3.08. The zero-order valence-electron chi connectivity index (χ0n) is 9.02. The highest BCUT2D eigenvalue weighted by Crippen LogP contribution is 1.96. The van der Waals surface area contributed by atoms with Gasteiger partial charge in [0.25, 0.3) is 11.4 Å². The highest BCUT2D eigenvalue weighted by atomic mass is 14.7. The summed E-state index contributed by atoms with van der Waals surface area (Å²) in [5, 5.41) is 18.5. The lowest BCUT2D eigenvalue weighted by Crippen LogP contribution is -2.15. The maximum Gasteiger partial charge on any atom is 0.269 e. The summed E-state index contributed by atoms with van der Waals surface area (Å²) in [6.45, 7) is 15.4. The number of rotatable bonds is 0. The number of hydrogen-bond acceptors (Lipinski definition) is 2. The Labute approximate surface area is 98.6 Å². The van der Waals surface area contributed by atoms with E-state index in [1.54, 1.807) is 31.2 Å². The van der Waals surface area contributed by atoms with Crippen molar-refractivity contribution in [2.45, 2.75) is 6.92 Å². The maximum absolute atomic E-state index is 8.77. The van der Waals surface area contributed by atoms with Crippen LogP contribution in [0.5, 0.6) is 0 Å². The Balaban J connectivity index is 3.78. The minimum absolute atomic E-state index is 0.000898. The second kappa shape index (κ2) is 5.13. The van der Waals surface area contributed by atoms with Gasteiger partial charge in [-0.2, -0.15) is 0 Å². The van der Waals surface area contributed by atoms with Crippen molar-refractivity contribution in [2.75, 3.05) is 0 Å². The van der Waals surface area contributed by atoms with Gasteiger partial charge in [0, 0.05) is 0 Å². The fraction of sp³-hybridized carbons (Fsp3) is 0.0769. The Bertz CT molecular complexity index is 711. The van der Waals surface area contributed by atoms with Crippen molar-refractivity contribution in [3.05, 3.63) is 57.0 Å². The van der Waals surface area contributed by atoms with Crippen LogP contribution in [0.3, 0.4) is 0 Å². The molecular formula is C13H6N4. The van der Waals surface area contributed by atoms with E-state index in [1.807, 2.05) is 6.07 Å². The van der Waals surface area contributed by atoms with E-state index in [-0.39, 0.29) is 11.4 Å². The van der Waals surface area contributed by atoms with Crippen LogP contribution in [0.2, 0.25) is 0 Å². The highest BCUT2D eigenvalue weighted by Gasteiger charge is 2.00. The van der Waals surface area contributed by atoms with Crippen molar-refractivity contribution in [1.29, 1.82) is 10.5 Å². The Kier molecular flexibility index (Phi) is 3.62. The third-order valence-electron chi connectivity index (χ3n) is 2.19. The van der Waals surface area contributed by atoms with Gasteiger partial charge < -0.3 is 0 Å². The molecule has 0 aromatic heterocycles. The van der Waals surface area contributed by atoms with E-state index in [2.05, 4.69) is 9.69 Å². The smallest absolute Gasteiger partial charge is 0.226 e. The van der Waals surface area contributed by atoms with E-state index < -0.39 is 0 Å².